The van der Waals surface area contributed by atoms with Gasteiger partial charge < -0.3 is 9.47 Å². The highest BCUT2D eigenvalue weighted by Gasteiger charge is 2.34. The van der Waals surface area contributed by atoms with Gasteiger partial charge in [-0.15, -0.1) is 0 Å². The number of amides is 1. The van der Waals surface area contributed by atoms with Gasteiger partial charge in [-0.1, -0.05) is 25.1 Å². The Hall–Kier alpha value is -2.32. The van der Waals surface area contributed by atoms with Crippen LogP contribution < -0.4 is 10.2 Å². The van der Waals surface area contributed by atoms with E-state index in [0.29, 0.717) is 43.6 Å². The Morgan fingerprint density at radius 2 is 1.80 bits per heavy atom. The van der Waals surface area contributed by atoms with E-state index < -0.39 is 33.6 Å². The number of nitrogens with zero attached hydrogens (tertiary/aromatic N) is 1. The molecular formula is C27H33F3N2O6S2. The minimum Gasteiger partial charge on any atom is -0.490 e. The van der Waals surface area contributed by atoms with Crippen molar-refractivity contribution in [3.63, 3.8) is 0 Å². The first kappa shape index (κ1) is 30.6. The molecule has 2 aromatic carbocycles. The molecule has 0 aromatic heterocycles. The van der Waals surface area contributed by atoms with Crippen molar-refractivity contribution in [2.45, 2.75) is 79.1 Å². The molecule has 13 heteroatoms. The molecule has 40 heavy (non-hydrogen) atoms. The summed E-state index contributed by atoms with van der Waals surface area (Å²) >= 11 is -0.195. The van der Waals surface area contributed by atoms with Crippen LogP contribution in [0.3, 0.4) is 0 Å². The van der Waals surface area contributed by atoms with Crippen LogP contribution in [0.5, 0.6) is 5.75 Å². The number of hydroxylamine groups is 1. The largest absolute Gasteiger partial charge is 0.490 e. The molecule has 0 saturated carbocycles. The SMILES string of the molecule is CCC(C(=O)NOC1CCCCO1)c1ccccc1S(=O)(=O)N1CCC(Oc2ccc(SC(F)(F)F)cc2)CC1. The second kappa shape index (κ2) is 13.6. The van der Waals surface area contributed by atoms with Crippen molar-refractivity contribution in [1.82, 2.24) is 9.79 Å². The van der Waals surface area contributed by atoms with Crippen molar-refractivity contribution in [3.05, 3.63) is 54.1 Å². The molecule has 0 aliphatic carbocycles. The molecule has 1 amide bonds. The summed E-state index contributed by atoms with van der Waals surface area (Å²) in [6.45, 7) is 2.78. The molecule has 2 aliphatic rings. The van der Waals surface area contributed by atoms with E-state index in [0.717, 1.165) is 12.8 Å². The van der Waals surface area contributed by atoms with Crippen LogP contribution in [-0.2, 0) is 24.4 Å². The average molecular weight is 603 g/mol. The molecule has 1 N–H and O–H groups in total. The van der Waals surface area contributed by atoms with Crippen molar-refractivity contribution >= 4 is 27.7 Å². The van der Waals surface area contributed by atoms with Crippen molar-refractivity contribution in [1.29, 1.82) is 0 Å². The molecule has 0 radical (unpaired) electrons. The molecule has 2 saturated heterocycles. The predicted molar refractivity (Wildman–Crippen MR) is 143 cm³/mol. The number of thioether (sulfide) groups is 1. The Balaban J connectivity index is 1.38. The predicted octanol–water partition coefficient (Wildman–Crippen LogP) is 5.60. The van der Waals surface area contributed by atoms with E-state index in [2.05, 4.69) is 5.48 Å². The maximum Gasteiger partial charge on any atom is 0.446 e. The van der Waals surface area contributed by atoms with Gasteiger partial charge in [-0.25, -0.2) is 18.7 Å². The monoisotopic (exact) mass is 602 g/mol. The van der Waals surface area contributed by atoms with Gasteiger partial charge in [0.1, 0.15) is 11.9 Å². The number of nitrogens with one attached hydrogen (secondary N) is 1. The van der Waals surface area contributed by atoms with Crippen LogP contribution in [0, 0.1) is 0 Å². The summed E-state index contributed by atoms with van der Waals surface area (Å²) in [5, 5.41) is 0. The Morgan fingerprint density at radius 3 is 2.42 bits per heavy atom. The molecule has 2 fully saturated rings. The van der Waals surface area contributed by atoms with E-state index in [9.17, 15) is 26.4 Å². The van der Waals surface area contributed by atoms with Crippen LogP contribution in [-0.4, -0.2) is 56.2 Å². The Bertz CT molecular complexity index is 1230. The lowest BCUT2D eigenvalue weighted by atomic mass is 9.96. The van der Waals surface area contributed by atoms with Crippen molar-refractivity contribution in [3.8, 4) is 5.75 Å². The van der Waals surface area contributed by atoms with E-state index in [1.807, 2.05) is 6.92 Å². The number of carbonyl (C=O) groups excluding carboxylic acids is 1. The zero-order valence-corrected chi connectivity index (χ0v) is 23.7. The van der Waals surface area contributed by atoms with E-state index in [1.54, 1.807) is 18.2 Å². The van der Waals surface area contributed by atoms with Gasteiger partial charge in [-0.3, -0.25) is 4.79 Å². The fourth-order valence-electron chi connectivity index (χ4n) is 4.79. The van der Waals surface area contributed by atoms with Gasteiger partial charge in [-0.05, 0) is 79.8 Å². The molecule has 220 valence electrons. The summed E-state index contributed by atoms with van der Waals surface area (Å²) in [4.78, 5) is 18.6. The molecule has 0 bridgehead atoms. The minimum atomic E-state index is -4.36. The maximum atomic E-state index is 13.7. The molecule has 2 unspecified atom stereocenters. The number of alkyl halides is 3. The Labute approximate surface area is 236 Å². The number of benzene rings is 2. The summed E-state index contributed by atoms with van der Waals surface area (Å²) in [5.41, 5.74) is -1.51. The maximum absolute atomic E-state index is 13.7. The number of hydrogen-bond donors (Lipinski definition) is 1. The quantitative estimate of drug-likeness (QED) is 0.280. The fraction of sp³-hybridized carbons (Fsp3) is 0.519. The number of hydrogen-bond acceptors (Lipinski definition) is 7. The zero-order chi connectivity index (χ0) is 28.8. The Morgan fingerprint density at radius 1 is 1.10 bits per heavy atom. The molecule has 4 rings (SSSR count). The highest BCUT2D eigenvalue weighted by Crippen LogP contribution is 2.37. The lowest BCUT2D eigenvalue weighted by molar-refractivity contribution is -0.201. The second-order valence-corrected chi connectivity index (χ2v) is 12.7. The van der Waals surface area contributed by atoms with Gasteiger partial charge in [0.2, 0.25) is 10.0 Å². The third-order valence-electron chi connectivity index (χ3n) is 6.83. The molecule has 2 atom stereocenters. The summed E-state index contributed by atoms with van der Waals surface area (Å²) in [7, 11) is -3.91. The van der Waals surface area contributed by atoms with E-state index in [4.69, 9.17) is 14.3 Å². The highest BCUT2D eigenvalue weighted by molar-refractivity contribution is 8.00. The third kappa shape index (κ3) is 8.12. The average Bonchev–Trinajstić information content (AvgIpc) is 2.94. The molecule has 2 aliphatic heterocycles. The van der Waals surface area contributed by atoms with Gasteiger partial charge in [0, 0.05) is 31.0 Å². The number of piperidine rings is 1. The van der Waals surface area contributed by atoms with Gasteiger partial charge in [-0.2, -0.15) is 17.5 Å². The molecule has 2 aromatic rings. The zero-order valence-electron chi connectivity index (χ0n) is 22.1. The summed E-state index contributed by atoms with van der Waals surface area (Å²) in [6, 6.07) is 12.1. The van der Waals surface area contributed by atoms with Crippen LogP contribution in [0.2, 0.25) is 0 Å². The second-order valence-electron chi connectivity index (χ2n) is 9.62. The topological polar surface area (TPSA) is 94.2 Å². The van der Waals surface area contributed by atoms with Crippen molar-refractivity contribution in [2.24, 2.45) is 0 Å². The van der Waals surface area contributed by atoms with Crippen molar-refractivity contribution < 1.29 is 40.7 Å². The van der Waals surface area contributed by atoms with Gasteiger partial charge in [0.05, 0.1) is 10.8 Å². The first-order valence-electron chi connectivity index (χ1n) is 13.3. The Kier molecular flexibility index (Phi) is 10.4. The first-order valence-corrected chi connectivity index (χ1v) is 15.5. The number of halogens is 3. The third-order valence-corrected chi connectivity index (χ3v) is 9.54. The summed E-state index contributed by atoms with van der Waals surface area (Å²) in [5.74, 6) is -0.754. The molecular weight excluding hydrogens is 569 g/mol. The van der Waals surface area contributed by atoms with E-state index in [1.165, 1.54) is 34.6 Å². The minimum absolute atomic E-state index is 0.0624. The van der Waals surface area contributed by atoms with Crippen LogP contribution >= 0.6 is 11.8 Å². The number of sulfonamides is 1. The highest BCUT2D eigenvalue weighted by atomic mass is 32.2. The molecule has 2 heterocycles. The van der Waals surface area contributed by atoms with Gasteiger partial charge in [0.25, 0.3) is 5.91 Å². The molecule has 0 spiro atoms. The van der Waals surface area contributed by atoms with Crippen LogP contribution in [0.1, 0.15) is 56.9 Å². The standard InChI is InChI=1S/C27H33F3N2O6S2/c1-2-22(26(33)31-38-25-9-5-6-18-36-25)23-7-3-4-8-24(23)40(34,35)32-16-14-20(15-17-32)37-19-10-12-21(13-11-19)39-27(28,29)30/h3-4,7-8,10-13,20,22,25H,2,5-6,9,14-18H2,1H3,(H,31,33). The first-order chi connectivity index (χ1) is 19.1. The van der Waals surface area contributed by atoms with E-state index >= 15 is 0 Å². The smallest absolute Gasteiger partial charge is 0.446 e. The van der Waals surface area contributed by atoms with Gasteiger partial charge >= 0.3 is 5.51 Å². The van der Waals surface area contributed by atoms with Crippen LogP contribution in [0.4, 0.5) is 13.2 Å². The number of carbonyl (C=O) groups is 1. The number of ether oxygens (including phenoxy) is 2. The lowest BCUT2D eigenvalue weighted by Crippen LogP contribution is -2.42. The summed E-state index contributed by atoms with van der Waals surface area (Å²) < 4.78 is 77.8. The van der Waals surface area contributed by atoms with Gasteiger partial charge in [0.15, 0.2) is 6.29 Å². The van der Waals surface area contributed by atoms with E-state index in [-0.39, 0.29) is 40.7 Å². The van der Waals surface area contributed by atoms with Crippen LogP contribution in [0.25, 0.3) is 0 Å². The van der Waals surface area contributed by atoms with Crippen LogP contribution in [0.15, 0.2) is 58.3 Å². The lowest BCUT2D eigenvalue weighted by Gasteiger charge is -2.32. The normalized spacial score (nSPS) is 20.1. The fourth-order valence-corrected chi connectivity index (χ4v) is 7.06. The van der Waals surface area contributed by atoms with Crippen molar-refractivity contribution in [2.75, 3.05) is 19.7 Å². The number of rotatable bonds is 10. The summed E-state index contributed by atoms with van der Waals surface area (Å²) in [6.07, 6.45) is 2.94. The molecule has 8 nitrogen and oxygen atoms in total.